The molecule has 0 amide bonds. The van der Waals surface area contributed by atoms with Crippen molar-refractivity contribution in [1.29, 1.82) is 0 Å². The highest BCUT2D eigenvalue weighted by molar-refractivity contribution is 9.10. The van der Waals surface area contributed by atoms with Crippen molar-refractivity contribution in [3.63, 3.8) is 0 Å². The third-order valence-electron chi connectivity index (χ3n) is 1.48. The molecule has 0 unspecified atom stereocenters. The van der Waals surface area contributed by atoms with Gasteiger partial charge in [0.05, 0.1) is 11.0 Å². The van der Waals surface area contributed by atoms with Crippen molar-refractivity contribution in [2.24, 2.45) is 16.5 Å². The zero-order valence-electron chi connectivity index (χ0n) is 9.73. The van der Waals surface area contributed by atoms with Gasteiger partial charge in [-0.1, -0.05) is 12.1 Å². The highest BCUT2D eigenvalue weighted by Gasteiger charge is 1.97. The Balaban J connectivity index is 0.000000555. The molecule has 8 nitrogen and oxygen atoms in total. The van der Waals surface area contributed by atoms with Crippen LogP contribution in [0, 0.1) is 0 Å². The van der Waals surface area contributed by atoms with Crippen LogP contribution in [0.15, 0.2) is 33.7 Å². The van der Waals surface area contributed by atoms with E-state index in [1.54, 1.807) is 0 Å². The predicted octanol–water partition coefficient (Wildman–Crippen LogP) is 0.449. The van der Waals surface area contributed by atoms with E-state index < -0.39 is 10.4 Å². The molecule has 0 aliphatic rings. The Morgan fingerprint density at radius 2 is 1.84 bits per heavy atom. The Morgan fingerprint density at radius 3 is 2.32 bits per heavy atom. The highest BCUT2D eigenvalue weighted by Crippen LogP contribution is 2.23. The van der Waals surface area contributed by atoms with Crippen LogP contribution in [0.5, 0.6) is 5.75 Å². The number of rotatable bonds is 4. The molecule has 10 heteroatoms. The molecule has 0 spiro atoms. The minimum absolute atomic E-state index is 0.0840. The molecule has 0 fully saturated rings. The van der Waals surface area contributed by atoms with Gasteiger partial charge in [0, 0.05) is 0 Å². The lowest BCUT2D eigenvalue weighted by Crippen LogP contribution is -2.23. The summed E-state index contributed by atoms with van der Waals surface area (Å²) < 4.78 is 37.9. The van der Waals surface area contributed by atoms with Crippen molar-refractivity contribution in [2.75, 3.05) is 13.2 Å². The number of hydrogen-bond acceptors (Lipinski definition) is 4. The Morgan fingerprint density at radius 1 is 1.32 bits per heavy atom. The van der Waals surface area contributed by atoms with E-state index in [0.29, 0.717) is 13.2 Å². The first-order chi connectivity index (χ1) is 8.70. The maximum absolute atomic E-state index is 8.74. The fourth-order valence-electron chi connectivity index (χ4n) is 0.892. The zero-order chi connectivity index (χ0) is 14.9. The topological polar surface area (TPSA) is 148 Å². The molecule has 1 aromatic carbocycles. The fourth-order valence-corrected chi connectivity index (χ4v) is 1.29. The van der Waals surface area contributed by atoms with Crippen LogP contribution >= 0.6 is 15.9 Å². The molecule has 0 aromatic heterocycles. The SMILES string of the molecule is NC(N)=NCCOc1ccccc1Br.O=S(=O)(O)O. The largest absolute Gasteiger partial charge is 0.490 e. The van der Waals surface area contributed by atoms with Gasteiger partial charge in [0.1, 0.15) is 12.4 Å². The Bertz CT molecular complexity index is 508. The van der Waals surface area contributed by atoms with Gasteiger partial charge in [-0.05, 0) is 28.1 Å². The van der Waals surface area contributed by atoms with Crippen molar-refractivity contribution in [3.05, 3.63) is 28.7 Å². The number of para-hydroxylation sites is 1. The summed E-state index contributed by atoms with van der Waals surface area (Å²) in [5.41, 5.74) is 10.3. The average Bonchev–Trinajstić information content (AvgIpc) is 2.24. The molecule has 0 atom stereocenters. The van der Waals surface area contributed by atoms with Gasteiger partial charge < -0.3 is 16.2 Å². The molecular weight excluding hydrogens is 342 g/mol. The van der Waals surface area contributed by atoms with Crippen LogP contribution in [0.25, 0.3) is 0 Å². The Kier molecular flexibility index (Phi) is 8.07. The summed E-state index contributed by atoms with van der Waals surface area (Å²) in [7, 11) is -4.67. The van der Waals surface area contributed by atoms with Gasteiger partial charge in [-0.25, -0.2) is 0 Å². The number of aliphatic imine (C=N–C) groups is 1. The zero-order valence-corrected chi connectivity index (χ0v) is 12.1. The van der Waals surface area contributed by atoms with Gasteiger partial charge in [-0.2, -0.15) is 8.42 Å². The van der Waals surface area contributed by atoms with E-state index in [1.807, 2.05) is 24.3 Å². The van der Waals surface area contributed by atoms with Crippen LogP contribution in [0.2, 0.25) is 0 Å². The maximum atomic E-state index is 8.74. The van der Waals surface area contributed by atoms with Crippen LogP contribution in [-0.2, 0) is 10.4 Å². The molecule has 108 valence electrons. The minimum atomic E-state index is -4.67. The number of nitrogens with two attached hydrogens (primary N) is 2. The molecule has 0 bridgehead atoms. The summed E-state index contributed by atoms with van der Waals surface area (Å²) in [6, 6.07) is 7.61. The van der Waals surface area contributed by atoms with Crippen molar-refractivity contribution >= 4 is 32.3 Å². The first-order valence-corrected chi connectivity index (χ1v) is 7.01. The maximum Gasteiger partial charge on any atom is 0.394 e. The number of benzene rings is 1. The van der Waals surface area contributed by atoms with Gasteiger partial charge in [-0.15, -0.1) is 0 Å². The van der Waals surface area contributed by atoms with E-state index in [9.17, 15) is 0 Å². The molecule has 19 heavy (non-hydrogen) atoms. The van der Waals surface area contributed by atoms with E-state index in [4.69, 9.17) is 33.7 Å². The molecule has 0 heterocycles. The summed E-state index contributed by atoms with van der Waals surface area (Å²) in [6.07, 6.45) is 0. The Labute approximate surface area is 119 Å². The van der Waals surface area contributed by atoms with Crippen LogP contribution in [0.1, 0.15) is 0 Å². The molecule has 1 aromatic rings. The quantitative estimate of drug-likeness (QED) is 0.265. The van der Waals surface area contributed by atoms with Gasteiger partial charge in [0.25, 0.3) is 0 Å². The predicted molar refractivity (Wildman–Crippen MR) is 74.5 cm³/mol. The summed E-state index contributed by atoms with van der Waals surface area (Å²) >= 11 is 3.37. The van der Waals surface area contributed by atoms with E-state index in [0.717, 1.165) is 10.2 Å². The Hall–Kier alpha value is -1.36. The third kappa shape index (κ3) is 12.9. The average molecular weight is 356 g/mol. The van der Waals surface area contributed by atoms with Crippen molar-refractivity contribution in [3.8, 4) is 5.75 Å². The van der Waals surface area contributed by atoms with Gasteiger partial charge in [0.15, 0.2) is 5.96 Å². The van der Waals surface area contributed by atoms with Crippen molar-refractivity contribution in [2.45, 2.75) is 0 Å². The smallest absolute Gasteiger partial charge is 0.394 e. The number of hydrogen-bond donors (Lipinski definition) is 4. The van der Waals surface area contributed by atoms with Crippen molar-refractivity contribution < 1.29 is 22.3 Å². The summed E-state index contributed by atoms with van der Waals surface area (Å²) in [5.74, 6) is 0.874. The molecular formula is C9H14BrN3O5S. The third-order valence-corrected chi connectivity index (χ3v) is 2.14. The standard InChI is InChI=1S/C9H12BrN3O.H2O4S/c10-7-3-1-2-4-8(7)14-6-5-13-9(11)12;1-5(2,3)4/h1-4H,5-6H2,(H4,11,12,13);(H2,1,2,3,4). The van der Waals surface area contributed by atoms with Crippen LogP contribution in [-0.4, -0.2) is 36.6 Å². The normalized spacial score (nSPS) is 10.1. The van der Waals surface area contributed by atoms with Crippen LogP contribution in [0.3, 0.4) is 0 Å². The lowest BCUT2D eigenvalue weighted by atomic mass is 10.3. The molecule has 0 aliphatic heterocycles. The summed E-state index contributed by atoms with van der Waals surface area (Å²) in [6.45, 7) is 0.921. The fraction of sp³-hybridized carbons (Fsp3) is 0.222. The molecule has 0 aliphatic carbocycles. The van der Waals surface area contributed by atoms with Gasteiger partial charge >= 0.3 is 10.4 Å². The first-order valence-electron chi connectivity index (χ1n) is 4.82. The van der Waals surface area contributed by atoms with E-state index in [2.05, 4.69) is 20.9 Å². The second kappa shape index (κ2) is 8.69. The van der Waals surface area contributed by atoms with Crippen LogP contribution in [0.4, 0.5) is 0 Å². The minimum Gasteiger partial charge on any atom is -0.490 e. The van der Waals surface area contributed by atoms with E-state index in [1.165, 1.54) is 0 Å². The highest BCUT2D eigenvalue weighted by atomic mass is 79.9. The van der Waals surface area contributed by atoms with Crippen LogP contribution < -0.4 is 16.2 Å². The number of nitrogens with zero attached hydrogens (tertiary/aromatic N) is 1. The monoisotopic (exact) mass is 355 g/mol. The lowest BCUT2D eigenvalue weighted by Gasteiger charge is -2.05. The second-order valence-corrected chi connectivity index (χ2v) is 4.78. The van der Waals surface area contributed by atoms with Gasteiger partial charge in [-0.3, -0.25) is 14.1 Å². The lowest BCUT2D eigenvalue weighted by molar-refractivity contribution is 0.326. The summed E-state index contributed by atoms with van der Waals surface area (Å²) in [4.78, 5) is 3.80. The van der Waals surface area contributed by atoms with Gasteiger partial charge in [0.2, 0.25) is 0 Å². The van der Waals surface area contributed by atoms with Crippen molar-refractivity contribution in [1.82, 2.24) is 0 Å². The number of ether oxygens (including phenoxy) is 1. The molecule has 0 radical (unpaired) electrons. The first kappa shape index (κ1) is 17.6. The van der Waals surface area contributed by atoms with E-state index >= 15 is 0 Å². The second-order valence-electron chi connectivity index (χ2n) is 3.03. The number of halogens is 1. The molecule has 0 saturated carbocycles. The molecule has 6 N–H and O–H groups in total. The number of guanidine groups is 1. The molecule has 1 rings (SSSR count). The molecule has 0 saturated heterocycles. The summed E-state index contributed by atoms with van der Waals surface area (Å²) in [5, 5.41) is 0. The van der Waals surface area contributed by atoms with E-state index in [-0.39, 0.29) is 5.96 Å².